The molecular weight excluding hydrogens is 320 g/mol. The highest BCUT2D eigenvalue weighted by molar-refractivity contribution is 5.94. The monoisotopic (exact) mass is 342 g/mol. The van der Waals surface area contributed by atoms with Gasteiger partial charge in [0, 0.05) is 50.4 Å². The van der Waals surface area contributed by atoms with E-state index >= 15 is 0 Å². The molecule has 1 aromatic heterocycles. The van der Waals surface area contributed by atoms with Crippen molar-refractivity contribution in [1.29, 1.82) is 0 Å². The predicted molar refractivity (Wildman–Crippen MR) is 94.3 cm³/mol. The highest BCUT2D eigenvalue weighted by Gasteiger charge is 2.28. The predicted octanol–water partition coefficient (Wildman–Crippen LogP) is 1.84. The molecule has 1 aliphatic heterocycles. The molecule has 3 rings (SSSR count). The number of carbonyl (C=O) groups is 1. The minimum atomic E-state index is -0.0762. The van der Waals surface area contributed by atoms with Crippen molar-refractivity contribution in [3.63, 3.8) is 0 Å². The zero-order valence-electron chi connectivity index (χ0n) is 14.7. The van der Waals surface area contributed by atoms with Crippen molar-refractivity contribution in [3.8, 4) is 11.8 Å². The number of nitrogens with zero attached hydrogens (tertiary/aromatic N) is 4. The smallest absolute Gasteiger partial charge is 0.253 e. The third-order valence-corrected chi connectivity index (χ3v) is 4.18. The molecule has 1 aromatic carbocycles. The first-order chi connectivity index (χ1) is 12.1. The molecule has 1 aliphatic rings. The van der Waals surface area contributed by atoms with Gasteiger partial charge in [0.2, 0.25) is 11.8 Å². The second-order valence-corrected chi connectivity index (χ2v) is 6.13. The number of anilines is 1. The summed E-state index contributed by atoms with van der Waals surface area (Å²) in [5.74, 6) is 0.907. The number of ether oxygens (including phenoxy) is 2. The second kappa shape index (κ2) is 7.38. The molecule has 1 fully saturated rings. The molecule has 132 valence electrons. The molecule has 7 nitrogen and oxygen atoms in total. The molecule has 7 heteroatoms. The van der Waals surface area contributed by atoms with Crippen molar-refractivity contribution in [2.45, 2.75) is 12.5 Å². The Bertz CT molecular complexity index is 716. The van der Waals surface area contributed by atoms with Gasteiger partial charge in [-0.3, -0.25) is 4.79 Å². The molecule has 25 heavy (non-hydrogen) atoms. The van der Waals surface area contributed by atoms with E-state index in [0.717, 1.165) is 12.1 Å². The van der Waals surface area contributed by atoms with E-state index in [9.17, 15) is 4.79 Å². The first-order valence-corrected chi connectivity index (χ1v) is 8.18. The Morgan fingerprint density at radius 2 is 1.80 bits per heavy atom. The number of carbonyl (C=O) groups excluding carboxylic acids is 1. The zero-order chi connectivity index (χ0) is 17.8. The molecule has 0 spiro atoms. The van der Waals surface area contributed by atoms with Crippen molar-refractivity contribution < 1.29 is 14.3 Å². The molecule has 1 unspecified atom stereocenters. The van der Waals surface area contributed by atoms with Gasteiger partial charge in [0.15, 0.2) is 0 Å². The normalized spacial score (nSPS) is 16.6. The summed E-state index contributed by atoms with van der Waals surface area (Å²) in [4.78, 5) is 16.4. The largest absolute Gasteiger partial charge is 0.480 e. The van der Waals surface area contributed by atoms with Gasteiger partial charge in [-0.1, -0.05) is 0 Å². The van der Waals surface area contributed by atoms with Crippen LogP contribution in [0.1, 0.15) is 16.8 Å². The lowest BCUT2D eigenvalue weighted by Gasteiger charge is -2.18. The molecule has 2 aromatic rings. The van der Waals surface area contributed by atoms with Crippen LogP contribution in [-0.4, -0.2) is 61.4 Å². The summed E-state index contributed by atoms with van der Waals surface area (Å²) in [6.45, 7) is 1.21. The second-order valence-electron chi connectivity index (χ2n) is 6.13. The molecule has 1 saturated heterocycles. The van der Waals surface area contributed by atoms with E-state index in [0.29, 0.717) is 30.4 Å². The highest BCUT2D eigenvalue weighted by Crippen LogP contribution is 2.20. The Morgan fingerprint density at radius 1 is 1.12 bits per heavy atom. The van der Waals surface area contributed by atoms with Gasteiger partial charge in [0.05, 0.1) is 13.7 Å². The Labute approximate surface area is 147 Å². The van der Waals surface area contributed by atoms with Crippen LogP contribution in [0.15, 0.2) is 36.4 Å². The van der Waals surface area contributed by atoms with Gasteiger partial charge >= 0.3 is 0 Å². The number of benzene rings is 1. The van der Waals surface area contributed by atoms with Gasteiger partial charge in [0.1, 0.15) is 6.10 Å². The van der Waals surface area contributed by atoms with E-state index in [2.05, 4.69) is 10.2 Å². The Balaban J connectivity index is 1.58. The number of hydrogen-bond acceptors (Lipinski definition) is 6. The summed E-state index contributed by atoms with van der Waals surface area (Å²) in [5.41, 5.74) is 1.76. The van der Waals surface area contributed by atoms with Gasteiger partial charge in [0.25, 0.3) is 5.91 Å². The molecule has 2 heterocycles. The van der Waals surface area contributed by atoms with Crippen LogP contribution in [0.3, 0.4) is 0 Å². The Kier molecular flexibility index (Phi) is 5.02. The van der Waals surface area contributed by atoms with Crippen LogP contribution in [0.5, 0.6) is 11.8 Å². The SMILES string of the molecule is COc1ccc(OC2CCN(C(=O)c3ccc(N(C)C)cc3)C2)nn1. The van der Waals surface area contributed by atoms with Crippen molar-refractivity contribution >= 4 is 11.6 Å². The van der Waals surface area contributed by atoms with E-state index in [1.807, 2.05) is 48.2 Å². The van der Waals surface area contributed by atoms with Gasteiger partial charge < -0.3 is 19.3 Å². The number of likely N-dealkylation sites (tertiary alicyclic amines) is 1. The van der Waals surface area contributed by atoms with Crippen LogP contribution in [0, 0.1) is 0 Å². The van der Waals surface area contributed by atoms with Crippen molar-refractivity contribution in [2.24, 2.45) is 0 Å². The van der Waals surface area contributed by atoms with Crippen LogP contribution in [0.2, 0.25) is 0 Å². The molecule has 0 saturated carbocycles. The molecule has 1 amide bonds. The van der Waals surface area contributed by atoms with E-state index in [4.69, 9.17) is 9.47 Å². The van der Waals surface area contributed by atoms with E-state index < -0.39 is 0 Å². The average Bonchev–Trinajstić information content (AvgIpc) is 3.10. The van der Waals surface area contributed by atoms with Crippen molar-refractivity contribution in [2.75, 3.05) is 39.2 Å². The summed E-state index contributed by atoms with van der Waals surface area (Å²) < 4.78 is 10.8. The lowest BCUT2D eigenvalue weighted by molar-refractivity contribution is 0.0771. The number of hydrogen-bond donors (Lipinski definition) is 0. The fourth-order valence-electron chi connectivity index (χ4n) is 2.74. The number of amides is 1. The molecule has 0 bridgehead atoms. The molecular formula is C18H22N4O3. The molecule has 0 N–H and O–H groups in total. The van der Waals surface area contributed by atoms with Crippen LogP contribution in [-0.2, 0) is 0 Å². The summed E-state index contributed by atoms with van der Waals surface area (Å²) in [7, 11) is 5.48. The maximum atomic E-state index is 12.6. The minimum Gasteiger partial charge on any atom is -0.480 e. The van der Waals surface area contributed by atoms with Gasteiger partial charge in [-0.15, -0.1) is 10.2 Å². The molecule has 1 atom stereocenters. The minimum absolute atomic E-state index is 0.0252. The third kappa shape index (κ3) is 3.99. The lowest BCUT2D eigenvalue weighted by Crippen LogP contribution is -2.31. The van der Waals surface area contributed by atoms with Crippen molar-refractivity contribution in [1.82, 2.24) is 15.1 Å². The van der Waals surface area contributed by atoms with Crippen molar-refractivity contribution in [3.05, 3.63) is 42.0 Å². The quantitative estimate of drug-likeness (QED) is 0.826. The van der Waals surface area contributed by atoms with Crippen LogP contribution < -0.4 is 14.4 Å². The maximum Gasteiger partial charge on any atom is 0.253 e. The Hall–Kier alpha value is -2.83. The topological polar surface area (TPSA) is 67.8 Å². The Morgan fingerprint density at radius 3 is 2.40 bits per heavy atom. The fourth-order valence-corrected chi connectivity index (χ4v) is 2.74. The zero-order valence-corrected chi connectivity index (χ0v) is 14.7. The van der Waals surface area contributed by atoms with Crippen LogP contribution >= 0.6 is 0 Å². The summed E-state index contributed by atoms with van der Waals surface area (Å²) in [6, 6.07) is 11.0. The van der Waals surface area contributed by atoms with Crippen LogP contribution in [0.4, 0.5) is 5.69 Å². The number of aromatic nitrogens is 2. The summed E-state index contributed by atoms with van der Waals surface area (Å²) >= 11 is 0. The van der Waals surface area contributed by atoms with Crippen LogP contribution in [0.25, 0.3) is 0 Å². The number of methoxy groups -OCH3 is 1. The van der Waals surface area contributed by atoms with E-state index in [1.165, 1.54) is 7.11 Å². The number of rotatable bonds is 5. The summed E-state index contributed by atoms with van der Waals surface area (Å²) in [6.07, 6.45) is 0.697. The first kappa shape index (κ1) is 17.0. The van der Waals surface area contributed by atoms with E-state index in [1.54, 1.807) is 12.1 Å². The van der Waals surface area contributed by atoms with Gasteiger partial charge in [-0.2, -0.15) is 0 Å². The molecule has 0 aliphatic carbocycles. The third-order valence-electron chi connectivity index (χ3n) is 4.18. The summed E-state index contributed by atoms with van der Waals surface area (Å²) in [5, 5.41) is 7.84. The average molecular weight is 342 g/mol. The van der Waals surface area contributed by atoms with E-state index in [-0.39, 0.29) is 12.0 Å². The standard InChI is InChI=1S/C18H22N4O3/c1-21(2)14-6-4-13(5-7-14)18(23)22-11-10-15(12-22)25-17-9-8-16(24-3)19-20-17/h4-9,15H,10-12H2,1-3H3. The van der Waals surface area contributed by atoms with Gasteiger partial charge in [-0.25, -0.2) is 0 Å². The maximum absolute atomic E-state index is 12.6. The molecule has 0 radical (unpaired) electrons. The lowest BCUT2D eigenvalue weighted by atomic mass is 10.2. The first-order valence-electron chi connectivity index (χ1n) is 8.18. The van der Waals surface area contributed by atoms with Gasteiger partial charge in [-0.05, 0) is 24.3 Å². The highest BCUT2D eigenvalue weighted by atomic mass is 16.5. The fraction of sp³-hybridized carbons (Fsp3) is 0.389.